The summed E-state index contributed by atoms with van der Waals surface area (Å²) in [5.41, 5.74) is 0.856. The number of hydrogen-bond acceptors (Lipinski definition) is 5. The van der Waals surface area contributed by atoms with Gasteiger partial charge in [0.15, 0.2) is 11.5 Å². The lowest BCUT2D eigenvalue weighted by Gasteiger charge is -2.22. The number of ether oxygens (including phenoxy) is 3. The van der Waals surface area contributed by atoms with E-state index in [-0.39, 0.29) is 17.8 Å². The first-order valence-corrected chi connectivity index (χ1v) is 8.40. The Kier molecular flexibility index (Phi) is 6.23. The van der Waals surface area contributed by atoms with E-state index in [1.165, 1.54) is 26.9 Å². The largest absolute Gasteiger partial charge is 0.493 e. The Morgan fingerprint density at radius 3 is 2.33 bits per heavy atom. The summed E-state index contributed by atoms with van der Waals surface area (Å²) in [7, 11) is 2.90. The monoisotopic (exact) mass is 334 g/mol. The molecule has 2 atom stereocenters. The number of ketones is 1. The molecular weight excluding hydrogens is 308 g/mol. The van der Waals surface area contributed by atoms with Crippen LogP contribution in [0.2, 0.25) is 0 Å². The SMILES string of the molecule is COC(=O)C(C(C)=O)C(C)c1ccc(OC)c(OC2CCCC2)c1. The molecule has 2 unspecified atom stereocenters. The van der Waals surface area contributed by atoms with Crippen LogP contribution in [-0.2, 0) is 14.3 Å². The van der Waals surface area contributed by atoms with Crippen molar-refractivity contribution in [3.8, 4) is 11.5 Å². The van der Waals surface area contributed by atoms with E-state index in [0.717, 1.165) is 18.4 Å². The fourth-order valence-corrected chi connectivity index (χ4v) is 3.30. The minimum atomic E-state index is -0.817. The van der Waals surface area contributed by atoms with Crippen LogP contribution in [0.25, 0.3) is 0 Å². The van der Waals surface area contributed by atoms with E-state index in [2.05, 4.69) is 0 Å². The molecule has 0 radical (unpaired) electrons. The molecule has 0 heterocycles. The molecular formula is C19H26O5. The second-order valence-electron chi connectivity index (χ2n) is 6.33. The zero-order valence-electron chi connectivity index (χ0n) is 14.8. The Bertz CT molecular complexity index is 589. The number of methoxy groups -OCH3 is 2. The molecule has 0 saturated heterocycles. The third-order valence-corrected chi connectivity index (χ3v) is 4.70. The van der Waals surface area contributed by atoms with Crippen LogP contribution in [0, 0.1) is 5.92 Å². The Balaban J connectivity index is 2.28. The van der Waals surface area contributed by atoms with Gasteiger partial charge in [-0.05, 0) is 50.3 Å². The highest BCUT2D eigenvalue weighted by Crippen LogP contribution is 2.36. The zero-order chi connectivity index (χ0) is 17.7. The van der Waals surface area contributed by atoms with Crippen LogP contribution in [0.15, 0.2) is 18.2 Å². The van der Waals surface area contributed by atoms with Crippen LogP contribution in [-0.4, -0.2) is 32.1 Å². The maximum Gasteiger partial charge on any atom is 0.316 e. The standard InChI is InChI=1S/C19H26O5/c1-12(18(13(2)20)19(21)23-4)14-9-10-16(22-3)17(11-14)24-15-7-5-6-8-15/h9-12,15,18H,5-8H2,1-4H3. The van der Waals surface area contributed by atoms with E-state index in [9.17, 15) is 9.59 Å². The number of esters is 1. The molecule has 0 aromatic heterocycles. The lowest BCUT2D eigenvalue weighted by Crippen LogP contribution is -2.28. The summed E-state index contributed by atoms with van der Waals surface area (Å²) in [5, 5.41) is 0. The van der Waals surface area contributed by atoms with E-state index in [1.807, 2.05) is 25.1 Å². The third-order valence-electron chi connectivity index (χ3n) is 4.70. The average molecular weight is 334 g/mol. The summed E-state index contributed by atoms with van der Waals surface area (Å²) >= 11 is 0. The molecule has 1 aliphatic carbocycles. The molecule has 0 amide bonds. The van der Waals surface area contributed by atoms with Gasteiger partial charge in [-0.2, -0.15) is 0 Å². The molecule has 0 N–H and O–H groups in total. The molecule has 132 valence electrons. The van der Waals surface area contributed by atoms with Gasteiger partial charge in [-0.15, -0.1) is 0 Å². The van der Waals surface area contributed by atoms with E-state index >= 15 is 0 Å². The van der Waals surface area contributed by atoms with Gasteiger partial charge in [-0.1, -0.05) is 13.0 Å². The number of rotatable bonds is 7. The molecule has 1 saturated carbocycles. The van der Waals surface area contributed by atoms with Gasteiger partial charge in [0, 0.05) is 5.92 Å². The highest BCUT2D eigenvalue weighted by Gasteiger charge is 2.32. The fourth-order valence-electron chi connectivity index (χ4n) is 3.30. The van der Waals surface area contributed by atoms with Crippen molar-refractivity contribution in [2.45, 2.75) is 51.6 Å². The zero-order valence-corrected chi connectivity index (χ0v) is 14.8. The first kappa shape index (κ1) is 18.3. The average Bonchev–Trinajstić information content (AvgIpc) is 3.07. The maximum atomic E-state index is 12.0. The summed E-state index contributed by atoms with van der Waals surface area (Å²) < 4.78 is 16.3. The number of Topliss-reactive ketones (excluding diaryl/α,β-unsaturated/α-hetero) is 1. The van der Waals surface area contributed by atoms with Crippen molar-refractivity contribution in [3.05, 3.63) is 23.8 Å². The summed E-state index contributed by atoms with van der Waals surface area (Å²) in [5.74, 6) is -0.502. The Morgan fingerprint density at radius 2 is 1.79 bits per heavy atom. The molecule has 24 heavy (non-hydrogen) atoms. The normalized spacial score (nSPS) is 17.2. The van der Waals surface area contributed by atoms with Crippen molar-refractivity contribution in [3.63, 3.8) is 0 Å². The third kappa shape index (κ3) is 4.08. The smallest absolute Gasteiger partial charge is 0.316 e. The highest BCUT2D eigenvalue weighted by atomic mass is 16.5. The van der Waals surface area contributed by atoms with Crippen LogP contribution in [0.5, 0.6) is 11.5 Å². The Hall–Kier alpha value is -2.04. The summed E-state index contributed by atoms with van der Waals surface area (Å²) in [6.07, 6.45) is 4.64. The van der Waals surface area contributed by atoms with E-state index < -0.39 is 11.9 Å². The van der Waals surface area contributed by atoms with Gasteiger partial charge in [0.05, 0.1) is 20.3 Å². The Morgan fingerprint density at radius 1 is 1.12 bits per heavy atom. The van der Waals surface area contributed by atoms with Crippen LogP contribution < -0.4 is 9.47 Å². The van der Waals surface area contributed by atoms with Crippen molar-refractivity contribution >= 4 is 11.8 Å². The summed E-state index contributed by atoms with van der Waals surface area (Å²) in [4.78, 5) is 23.8. The van der Waals surface area contributed by atoms with Crippen LogP contribution in [0.1, 0.15) is 51.0 Å². The molecule has 0 spiro atoms. The van der Waals surface area contributed by atoms with Gasteiger partial charge in [0.25, 0.3) is 0 Å². The molecule has 2 rings (SSSR count). The van der Waals surface area contributed by atoms with Gasteiger partial charge in [-0.3, -0.25) is 9.59 Å². The molecule has 5 heteroatoms. The topological polar surface area (TPSA) is 61.8 Å². The van der Waals surface area contributed by atoms with Crippen molar-refractivity contribution in [2.24, 2.45) is 5.92 Å². The van der Waals surface area contributed by atoms with E-state index in [0.29, 0.717) is 11.5 Å². The molecule has 0 bridgehead atoms. The molecule has 1 aromatic rings. The van der Waals surface area contributed by atoms with Gasteiger partial charge >= 0.3 is 5.97 Å². The van der Waals surface area contributed by atoms with Gasteiger partial charge in [0.2, 0.25) is 0 Å². The Labute approximate surface area is 143 Å². The van der Waals surface area contributed by atoms with Crippen molar-refractivity contribution in [1.29, 1.82) is 0 Å². The molecule has 0 aliphatic heterocycles. The van der Waals surface area contributed by atoms with Crippen molar-refractivity contribution in [2.75, 3.05) is 14.2 Å². The minimum Gasteiger partial charge on any atom is -0.493 e. The molecule has 1 fully saturated rings. The van der Waals surface area contributed by atoms with Gasteiger partial charge < -0.3 is 14.2 Å². The molecule has 1 aliphatic rings. The van der Waals surface area contributed by atoms with Crippen LogP contribution in [0.4, 0.5) is 0 Å². The lowest BCUT2D eigenvalue weighted by molar-refractivity contribution is -0.149. The quantitative estimate of drug-likeness (QED) is 0.564. The number of hydrogen-bond donors (Lipinski definition) is 0. The predicted octanol–water partition coefficient (Wildman–Crippen LogP) is 3.50. The minimum absolute atomic E-state index is 0.202. The highest BCUT2D eigenvalue weighted by molar-refractivity contribution is 5.98. The van der Waals surface area contributed by atoms with E-state index in [1.54, 1.807) is 7.11 Å². The van der Waals surface area contributed by atoms with Crippen molar-refractivity contribution in [1.82, 2.24) is 0 Å². The first-order valence-electron chi connectivity index (χ1n) is 8.40. The van der Waals surface area contributed by atoms with Crippen molar-refractivity contribution < 1.29 is 23.8 Å². The number of carbonyl (C=O) groups excluding carboxylic acids is 2. The predicted molar refractivity (Wildman–Crippen MR) is 90.5 cm³/mol. The second-order valence-corrected chi connectivity index (χ2v) is 6.33. The van der Waals surface area contributed by atoms with Crippen LogP contribution in [0.3, 0.4) is 0 Å². The lowest BCUT2D eigenvalue weighted by atomic mass is 9.85. The van der Waals surface area contributed by atoms with Crippen LogP contribution >= 0.6 is 0 Å². The molecule has 1 aromatic carbocycles. The fraction of sp³-hybridized carbons (Fsp3) is 0.579. The first-order chi connectivity index (χ1) is 11.5. The maximum absolute atomic E-state index is 12.0. The number of benzene rings is 1. The van der Waals surface area contributed by atoms with Gasteiger partial charge in [-0.25, -0.2) is 0 Å². The molecule has 5 nitrogen and oxygen atoms in total. The van der Waals surface area contributed by atoms with E-state index in [4.69, 9.17) is 14.2 Å². The second kappa shape index (κ2) is 8.18. The number of carbonyl (C=O) groups is 2. The summed E-state index contributed by atoms with van der Waals surface area (Å²) in [6, 6.07) is 5.56. The summed E-state index contributed by atoms with van der Waals surface area (Å²) in [6.45, 7) is 3.27. The van der Waals surface area contributed by atoms with Gasteiger partial charge in [0.1, 0.15) is 11.7 Å².